The summed E-state index contributed by atoms with van der Waals surface area (Å²) in [5.74, 6) is -0.976. The van der Waals surface area contributed by atoms with Crippen LogP contribution in [0.4, 0.5) is 5.69 Å². The molecule has 8 nitrogen and oxygen atoms in total. The van der Waals surface area contributed by atoms with Crippen molar-refractivity contribution < 1.29 is 19.2 Å². The summed E-state index contributed by atoms with van der Waals surface area (Å²) < 4.78 is 6.32. The zero-order chi connectivity index (χ0) is 24.1. The van der Waals surface area contributed by atoms with E-state index >= 15 is 0 Å². The van der Waals surface area contributed by atoms with Gasteiger partial charge in [-0.25, -0.2) is 10.2 Å². The molecule has 4 aromatic carbocycles. The maximum absolute atomic E-state index is 12.7. The van der Waals surface area contributed by atoms with Crippen molar-refractivity contribution in [2.24, 2.45) is 5.10 Å². The van der Waals surface area contributed by atoms with Crippen LogP contribution in [0.15, 0.2) is 94.5 Å². The van der Waals surface area contributed by atoms with Gasteiger partial charge >= 0.3 is 5.97 Å². The number of amides is 1. The second-order valence-electron chi connectivity index (χ2n) is 7.10. The van der Waals surface area contributed by atoms with Crippen molar-refractivity contribution in [1.29, 1.82) is 0 Å². The van der Waals surface area contributed by atoms with Crippen LogP contribution in [0, 0.1) is 10.1 Å². The minimum atomic E-state index is -0.758. The lowest BCUT2D eigenvalue weighted by molar-refractivity contribution is -0.384. The Labute approximate surface area is 202 Å². The van der Waals surface area contributed by atoms with Gasteiger partial charge in [-0.1, -0.05) is 58.4 Å². The molecule has 34 heavy (non-hydrogen) atoms. The molecule has 0 radical (unpaired) electrons. The summed E-state index contributed by atoms with van der Waals surface area (Å²) in [6.45, 7) is 0. The number of fused-ring (bicyclic) bond motifs is 1. The van der Waals surface area contributed by atoms with Gasteiger partial charge in [0, 0.05) is 27.7 Å². The summed E-state index contributed by atoms with van der Waals surface area (Å²) in [6.07, 6.45) is 1.40. The molecule has 0 spiro atoms. The van der Waals surface area contributed by atoms with E-state index in [1.165, 1.54) is 24.4 Å². The maximum Gasteiger partial charge on any atom is 0.343 e. The third kappa shape index (κ3) is 5.16. The largest absolute Gasteiger partial charge is 0.422 e. The van der Waals surface area contributed by atoms with Crippen LogP contribution in [0.25, 0.3) is 10.8 Å². The molecule has 0 bridgehead atoms. The molecule has 1 amide bonds. The van der Waals surface area contributed by atoms with Gasteiger partial charge in [0.1, 0.15) is 5.75 Å². The fourth-order valence-corrected chi connectivity index (χ4v) is 3.65. The number of hydrogen-bond donors (Lipinski definition) is 1. The minimum absolute atomic E-state index is 0.0354. The number of rotatable bonds is 6. The molecular weight excluding hydrogens is 502 g/mol. The molecule has 0 unspecified atom stereocenters. The molecule has 0 saturated carbocycles. The Kier molecular flexibility index (Phi) is 6.74. The Morgan fingerprint density at radius 3 is 2.50 bits per heavy atom. The standard InChI is InChI=1S/C25H16BrN3O5/c26-19-8-3-6-17(13-19)24(30)28-27-15-22-21-10-2-1-5-16(21)11-12-23(22)34-25(31)18-7-4-9-20(14-18)29(32)33/h1-15H,(H,28,30)/b27-15-. The molecule has 0 aliphatic carbocycles. The van der Waals surface area contributed by atoms with Crippen LogP contribution in [-0.2, 0) is 0 Å². The number of halogens is 1. The first kappa shape index (κ1) is 22.8. The Morgan fingerprint density at radius 2 is 1.71 bits per heavy atom. The normalized spacial score (nSPS) is 10.9. The first-order valence-corrected chi connectivity index (χ1v) is 10.8. The number of esters is 1. The fraction of sp³-hybridized carbons (Fsp3) is 0. The van der Waals surface area contributed by atoms with E-state index in [1.807, 2.05) is 24.3 Å². The number of nitro groups is 1. The fourth-order valence-electron chi connectivity index (χ4n) is 3.25. The number of ether oxygens (including phenoxy) is 1. The van der Waals surface area contributed by atoms with E-state index in [-0.39, 0.29) is 17.0 Å². The number of benzene rings is 4. The summed E-state index contributed by atoms with van der Waals surface area (Å²) >= 11 is 3.32. The molecular formula is C25H16BrN3O5. The first-order valence-electron chi connectivity index (χ1n) is 10.00. The second kappa shape index (κ2) is 10.1. The van der Waals surface area contributed by atoms with Gasteiger partial charge in [0.15, 0.2) is 0 Å². The SMILES string of the molecule is O=C(N/N=C\c1c(OC(=O)c2cccc([N+](=O)[O-])c2)ccc2ccccc12)c1cccc(Br)c1. The monoisotopic (exact) mass is 517 g/mol. The molecule has 168 valence electrons. The van der Waals surface area contributed by atoms with E-state index in [4.69, 9.17) is 4.74 Å². The van der Waals surface area contributed by atoms with Gasteiger partial charge in [0.25, 0.3) is 11.6 Å². The summed E-state index contributed by atoms with van der Waals surface area (Å²) in [5.41, 5.74) is 3.17. The van der Waals surface area contributed by atoms with Gasteiger partial charge in [-0.05, 0) is 41.1 Å². The van der Waals surface area contributed by atoms with Gasteiger partial charge in [-0.15, -0.1) is 0 Å². The van der Waals surface area contributed by atoms with Gasteiger partial charge < -0.3 is 4.74 Å². The predicted octanol–water partition coefficient (Wildman–Crippen LogP) is 5.49. The average Bonchev–Trinajstić information content (AvgIpc) is 2.85. The van der Waals surface area contributed by atoms with Gasteiger partial charge in [-0.3, -0.25) is 14.9 Å². The number of nitrogens with zero attached hydrogens (tertiary/aromatic N) is 2. The van der Waals surface area contributed by atoms with Crippen LogP contribution in [-0.4, -0.2) is 23.0 Å². The number of hydrogen-bond acceptors (Lipinski definition) is 6. The van der Waals surface area contributed by atoms with Crippen molar-refractivity contribution in [3.8, 4) is 5.75 Å². The van der Waals surface area contributed by atoms with Gasteiger partial charge in [0.2, 0.25) is 0 Å². The highest BCUT2D eigenvalue weighted by Gasteiger charge is 2.16. The number of nitro benzene ring substituents is 1. The molecule has 0 aromatic heterocycles. The Balaban J connectivity index is 1.63. The smallest absolute Gasteiger partial charge is 0.343 e. The summed E-state index contributed by atoms with van der Waals surface area (Å²) in [4.78, 5) is 35.6. The van der Waals surface area contributed by atoms with E-state index in [9.17, 15) is 19.7 Å². The molecule has 4 rings (SSSR count). The van der Waals surface area contributed by atoms with E-state index in [1.54, 1.807) is 36.4 Å². The molecule has 0 fully saturated rings. The number of carbonyl (C=O) groups excluding carboxylic acids is 2. The average molecular weight is 518 g/mol. The van der Waals surface area contributed by atoms with Crippen LogP contribution < -0.4 is 10.2 Å². The predicted molar refractivity (Wildman–Crippen MR) is 131 cm³/mol. The van der Waals surface area contributed by atoms with Crippen molar-refractivity contribution in [3.05, 3.63) is 116 Å². The van der Waals surface area contributed by atoms with E-state index in [0.29, 0.717) is 11.1 Å². The maximum atomic E-state index is 12.7. The summed E-state index contributed by atoms with van der Waals surface area (Å²) in [5, 5.41) is 16.7. The first-order chi connectivity index (χ1) is 16.4. The number of non-ortho nitro benzene ring substituents is 1. The lowest BCUT2D eigenvalue weighted by Gasteiger charge is -2.10. The van der Waals surface area contributed by atoms with Crippen molar-refractivity contribution in [2.45, 2.75) is 0 Å². The van der Waals surface area contributed by atoms with Gasteiger partial charge in [-0.2, -0.15) is 5.10 Å². The number of hydrazone groups is 1. The molecule has 4 aromatic rings. The molecule has 0 saturated heterocycles. The zero-order valence-electron chi connectivity index (χ0n) is 17.5. The highest BCUT2D eigenvalue weighted by Crippen LogP contribution is 2.28. The molecule has 0 aliphatic rings. The number of nitrogens with one attached hydrogen (secondary N) is 1. The third-order valence-corrected chi connectivity index (χ3v) is 5.37. The minimum Gasteiger partial charge on any atom is -0.422 e. The topological polar surface area (TPSA) is 111 Å². The summed E-state index contributed by atoms with van der Waals surface area (Å²) in [7, 11) is 0. The highest BCUT2D eigenvalue weighted by molar-refractivity contribution is 9.10. The second-order valence-corrected chi connectivity index (χ2v) is 8.02. The highest BCUT2D eigenvalue weighted by atomic mass is 79.9. The third-order valence-electron chi connectivity index (χ3n) is 4.87. The molecule has 0 aliphatic heterocycles. The lowest BCUT2D eigenvalue weighted by atomic mass is 10.0. The Morgan fingerprint density at radius 1 is 0.941 bits per heavy atom. The molecule has 0 atom stereocenters. The Bertz CT molecular complexity index is 1450. The van der Waals surface area contributed by atoms with Crippen LogP contribution in [0.3, 0.4) is 0 Å². The van der Waals surface area contributed by atoms with E-state index in [2.05, 4.69) is 26.5 Å². The van der Waals surface area contributed by atoms with Crippen LogP contribution in [0.1, 0.15) is 26.3 Å². The Hall–Kier alpha value is -4.37. The number of carbonyl (C=O) groups is 2. The van der Waals surface area contributed by atoms with E-state index < -0.39 is 16.8 Å². The quantitative estimate of drug-likeness (QED) is 0.119. The van der Waals surface area contributed by atoms with Crippen LogP contribution in [0.2, 0.25) is 0 Å². The van der Waals surface area contributed by atoms with Gasteiger partial charge in [0.05, 0.1) is 16.7 Å². The van der Waals surface area contributed by atoms with E-state index in [0.717, 1.165) is 21.3 Å². The summed E-state index contributed by atoms with van der Waals surface area (Å²) in [6, 6.07) is 22.9. The van der Waals surface area contributed by atoms with Crippen molar-refractivity contribution in [3.63, 3.8) is 0 Å². The lowest BCUT2D eigenvalue weighted by Crippen LogP contribution is -2.17. The molecule has 9 heteroatoms. The molecule has 0 heterocycles. The molecule has 1 N–H and O–H groups in total. The van der Waals surface area contributed by atoms with Crippen LogP contribution >= 0.6 is 15.9 Å². The zero-order valence-corrected chi connectivity index (χ0v) is 19.1. The van der Waals surface area contributed by atoms with Crippen molar-refractivity contribution >= 4 is 50.5 Å². The van der Waals surface area contributed by atoms with Crippen molar-refractivity contribution in [2.75, 3.05) is 0 Å². The van der Waals surface area contributed by atoms with Crippen molar-refractivity contribution in [1.82, 2.24) is 5.43 Å². The van der Waals surface area contributed by atoms with Crippen LogP contribution in [0.5, 0.6) is 5.75 Å².